The number of rotatable bonds is 3. The van der Waals surface area contributed by atoms with Gasteiger partial charge < -0.3 is 10.0 Å². The molecule has 0 bridgehead atoms. The van der Waals surface area contributed by atoms with Crippen molar-refractivity contribution in [3.63, 3.8) is 0 Å². The largest absolute Gasteiger partial charge is 0.480 e. The van der Waals surface area contributed by atoms with Gasteiger partial charge in [-0.25, -0.2) is 4.79 Å². The smallest absolute Gasteiger partial charge is 0.326 e. The third-order valence-corrected chi connectivity index (χ3v) is 5.14. The average molecular weight is 301 g/mol. The van der Waals surface area contributed by atoms with Crippen molar-refractivity contribution in [2.75, 3.05) is 6.54 Å². The lowest BCUT2D eigenvalue weighted by Gasteiger charge is -2.36. The van der Waals surface area contributed by atoms with Crippen LogP contribution < -0.4 is 0 Å². The number of benzene rings is 1. The van der Waals surface area contributed by atoms with E-state index in [4.69, 9.17) is 0 Å². The van der Waals surface area contributed by atoms with Crippen molar-refractivity contribution in [2.24, 2.45) is 5.92 Å². The van der Waals surface area contributed by atoms with Gasteiger partial charge in [0.15, 0.2) is 0 Å². The number of piperidine rings is 1. The molecule has 1 saturated heterocycles. The molecule has 2 fully saturated rings. The van der Waals surface area contributed by atoms with Crippen molar-refractivity contribution in [1.29, 1.82) is 0 Å². The van der Waals surface area contributed by atoms with Gasteiger partial charge in [-0.05, 0) is 55.2 Å². The van der Waals surface area contributed by atoms with Crippen LogP contribution in [0, 0.1) is 5.92 Å². The quantitative estimate of drug-likeness (QED) is 0.932. The van der Waals surface area contributed by atoms with E-state index in [-0.39, 0.29) is 5.91 Å². The molecule has 1 heterocycles. The molecule has 1 aliphatic carbocycles. The van der Waals surface area contributed by atoms with E-state index in [1.807, 2.05) is 31.2 Å². The maximum atomic E-state index is 12.6. The first kappa shape index (κ1) is 15.1. The fraction of sp³-hybridized carbons (Fsp3) is 0.556. The maximum absolute atomic E-state index is 12.6. The van der Waals surface area contributed by atoms with Crippen LogP contribution in [-0.4, -0.2) is 34.5 Å². The summed E-state index contributed by atoms with van der Waals surface area (Å²) in [6, 6.07) is 7.07. The Kier molecular flexibility index (Phi) is 4.19. The molecule has 1 aromatic carbocycles. The molecule has 0 radical (unpaired) electrons. The highest BCUT2D eigenvalue weighted by Crippen LogP contribution is 2.36. The monoisotopic (exact) mass is 301 g/mol. The minimum absolute atomic E-state index is 0.153. The lowest BCUT2D eigenvalue weighted by molar-refractivity contribution is -0.144. The van der Waals surface area contributed by atoms with Crippen molar-refractivity contribution in [3.8, 4) is 0 Å². The van der Waals surface area contributed by atoms with Gasteiger partial charge >= 0.3 is 5.97 Å². The van der Waals surface area contributed by atoms with Gasteiger partial charge in [0.2, 0.25) is 0 Å². The van der Waals surface area contributed by atoms with Crippen LogP contribution in [0.2, 0.25) is 0 Å². The molecule has 4 nitrogen and oxygen atoms in total. The summed E-state index contributed by atoms with van der Waals surface area (Å²) in [5.41, 5.74) is 1.90. The van der Waals surface area contributed by atoms with Crippen molar-refractivity contribution >= 4 is 11.9 Å². The molecular formula is C18H23NO3. The third kappa shape index (κ3) is 2.87. The van der Waals surface area contributed by atoms with Crippen LogP contribution in [0.25, 0.3) is 0 Å². The minimum Gasteiger partial charge on any atom is -0.480 e. The molecule has 1 saturated carbocycles. The summed E-state index contributed by atoms with van der Waals surface area (Å²) >= 11 is 0. The molecule has 1 amide bonds. The molecule has 2 aliphatic rings. The van der Waals surface area contributed by atoms with E-state index < -0.39 is 12.0 Å². The van der Waals surface area contributed by atoms with Crippen LogP contribution in [0.15, 0.2) is 24.3 Å². The first-order chi connectivity index (χ1) is 10.6. The summed E-state index contributed by atoms with van der Waals surface area (Å²) < 4.78 is 0. The maximum Gasteiger partial charge on any atom is 0.326 e. The molecule has 1 aromatic rings. The number of carbonyl (C=O) groups excluding carboxylic acids is 1. The van der Waals surface area contributed by atoms with Gasteiger partial charge in [0.1, 0.15) is 6.04 Å². The molecule has 3 rings (SSSR count). The standard InChI is InChI=1S/C18H23NO3/c1-12-9-10-19(16(11-12)18(21)22)17(20)15-7-5-14(6-8-15)13-3-2-4-13/h5-8,12-13,16H,2-4,9-11H2,1H3,(H,21,22). The van der Waals surface area contributed by atoms with Crippen LogP contribution in [0.1, 0.15) is 60.9 Å². The number of hydrogen-bond acceptors (Lipinski definition) is 2. The fourth-order valence-corrected chi connectivity index (χ4v) is 3.42. The highest BCUT2D eigenvalue weighted by Gasteiger charge is 2.35. The van der Waals surface area contributed by atoms with Gasteiger partial charge in [-0.15, -0.1) is 0 Å². The first-order valence-corrected chi connectivity index (χ1v) is 8.20. The second kappa shape index (κ2) is 6.11. The van der Waals surface area contributed by atoms with Crippen molar-refractivity contribution in [3.05, 3.63) is 35.4 Å². The van der Waals surface area contributed by atoms with E-state index in [0.29, 0.717) is 30.4 Å². The molecule has 118 valence electrons. The average Bonchev–Trinajstić information content (AvgIpc) is 2.45. The van der Waals surface area contributed by atoms with E-state index in [2.05, 4.69) is 0 Å². The van der Waals surface area contributed by atoms with E-state index >= 15 is 0 Å². The number of nitrogens with zero attached hydrogens (tertiary/aromatic N) is 1. The van der Waals surface area contributed by atoms with Gasteiger partial charge in [0, 0.05) is 12.1 Å². The summed E-state index contributed by atoms with van der Waals surface area (Å²) in [6.45, 7) is 2.58. The van der Waals surface area contributed by atoms with E-state index in [1.165, 1.54) is 29.7 Å². The number of hydrogen-bond donors (Lipinski definition) is 1. The Morgan fingerprint density at radius 1 is 1.14 bits per heavy atom. The number of amides is 1. The lowest BCUT2D eigenvalue weighted by atomic mass is 9.80. The second-order valence-electron chi connectivity index (χ2n) is 6.73. The lowest BCUT2D eigenvalue weighted by Crippen LogP contribution is -2.49. The Balaban J connectivity index is 1.75. The molecular weight excluding hydrogens is 278 g/mol. The number of carboxylic acid groups (broad SMARTS) is 1. The van der Waals surface area contributed by atoms with Crippen LogP contribution >= 0.6 is 0 Å². The van der Waals surface area contributed by atoms with Gasteiger partial charge in [0.05, 0.1) is 0 Å². The van der Waals surface area contributed by atoms with Gasteiger partial charge in [-0.1, -0.05) is 25.5 Å². The predicted octanol–water partition coefficient (Wildman–Crippen LogP) is 3.28. The third-order valence-electron chi connectivity index (χ3n) is 5.14. The highest BCUT2D eigenvalue weighted by atomic mass is 16.4. The molecule has 22 heavy (non-hydrogen) atoms. The van der Waals surface area contributed by atoms with Crippen LogP contribution in [0.5, 0.6) is 0 Å². The highest BCUT2D eigenvalue weighted by molar-refractivity contribution is 5.96. The van der Waals surface area contributed by atoms with Gasteiger partial charge in [0.25, 0.3) is 5.91 Å². The molecule has 1 N–H and O–H groups in total. The summed E-state index contributed by atoms with van der Waals surface area (Å²) in [5, 5.41) is 9.38. The normalized spacial score (nSPS) is 25.6. The zero-order chi connectivity index (χ0) is 15.7. The molecule has 4 heteroatoms. The number of carbonyl (C=O) groups is 2. The zero-order valence-electron chi connectivity index (χ0n) is 13.0. The number of likely N-dealkylation sites (tertiary alicyclic amines) is 1. The first-order valence-electron chi connectivity index (χ1n) is 8.20. The van der Waals surface area contributed by atoms with Crippen LogP contribution in [0.3, 0.4) is 0 Å². The van der Waals surface area contributed by atoms with Crippen LogP contribution in [0.4, 0.5) is 0 Å². The Hall–Kier alpha value is -1.84. The molecule has 2 atom stereocenters. The van der Waals surface area contributed by atoms with Crippen molar-refractivity contribution in [1.82, 2.24) is 4.90 Å². The number of carboxylic acids is 1. The minimum atomic E-state index is -0.897. The SMILES string of the molecule is CC1CCN(C(=O)c2ccc(C3CCC3)cc2)C(C(=O)O)C1. The van der Waals surface area contributed by atoms with E-state index in [1.54, 1.807) is 0 Å². The Bertz CT molecular complexity index is 562. The Morgan fingerprint density at radius 2 is 1.82 bits per heavy atom. The fourth-order valence-electron chi connectivity index (χ4n) is 3.42. The van der Waals surface area contributed by atoms with Gasteiger partial charge in [-0.3, -0.25) is 4.79 Å². The zero-order valence-corrected chi connectivity index (χ0v) is 13.0. The summed E-state index contributed by atoms with van der Waals surface area (Å²) in [6.07, 6.45) is 5.17. The summed E-state index contributed by atoms with van der Waals surface area (Å²) in [4.78, 5) is 25.6. The van der Waals surface area contributed by atoms with Gasteiger partial charge in [-0.2, -0.15) is 0 Å². The summed E-state index contributed by atoms with van der Waals surface area (Å²) in [5.74, 6) is -0.0525. The van der Waals surface area contributed by atoms with Crippen molar-refractivity contribution < 1.29 is 14.7 Å². The topological polar surface area (TPSA) is 57.6 Å². The molecule has 1 aliphatic heterocycles. The Morgan fingerprint density at radius 3 is 2.36 bits per heavy atom. The Labute approximate surface area is 131 Å². The molecule has 0 spiro atoms. The molecule has 2 unspecified atom stereocenters. The predicted molar refractivity (Wildman–Crippen MR) is 83.9 cm³/mol. The summed E-state index contributed by atoms with van der Waals surface area (Å²) in [7, 11) is 0. The van der Waals surface area contributed by atoms with E-state index in [0.717, 1.165) is 6.42 Å². The second-order valence-corrected chi connectivity index (χ2v) is 6.73. The number of aliphatic carboxylic acids is 1. The van der Waals surface area contributed by atoms with Crippen molar-refractivity contribution in [2.45, 2.75) is 51.0 Å². The molecule has 0 aromatic heterocycles. The van der Waals surface area contributed by atoms with Crippen LogP contribution in [-0.2, 0) is 4.79 Å². The van der Waals surface area contributed by atoms with E-state index in [9.17, 15) is 14.7 Å².